The number of amides is 3. The van der Waals surface area contributed by atoms with Crippen molar-refractivity contribution < 1.29 is 23.9 Å². The average molecular weight is 427 g/mol. The third-order valence-corrected chi connectivity index (χ3v) is 7.14. The van der Waals surface area contributed by atoms with Crippen LogP contribution >= 0.6 is 0 Å². The first-order chi connectivity index (χ1) is 14.8. The van der Waals surface area contributed by atoms with Crippen molar-refractivity contribution in [2.45, 2.75) is 52.1 Å². The van der Waals surface area contributed by atoms with Gasteiger partial charge in [0.25, 0.3) is 5.91 Å². The molecule has 0 aromatic heterocycles. The Morgan fingerprint density at radius 1 is 1.03 bits per heavy atom. The maximum absolute atomic E-state index is 13.1. The molecule has 6 atom stereocenters. The first-order valence-electron chi connectivity index (χ1n) is 11.2. The highest BCUT2D eigenvalue weighted by atomic mass is 16.5. The normalized spacial score (nSPS) is 28.6. The number of fused-ring (bicyclic) bond motifs is 5. The number of ether oxygens (including phenoxy) is 1. The summed E-state index contributed by atoms with van der Waals surface area (Å²) >= 11 is 0. The molecule has 31 heavy (non-hydrogen) atoms. The summed E-state index contributed by atoms with van der Waals surface area (Å²) in [6.07, 6.45) is 2.90. The maximum atomic E-state index is 13.1. The minimum absolute atomic E-state index is 0.232. The highest BCUT2D eigenvalue weighted by Crippen LogP contribution is 2.56. The Morgan fingerprint density at radius 3 is 2.16 bits per heavy atom. The lowest BCUT2D eigenvalue weighted by Crippen LogP contribution is -2.50. The SMILES string of the molecule is CC(C)[C@@H](C(=O)OCC(=O)N[C@@H](C)c1ccccc1)N1C(=O)[C@@H]2[C@H]3CC[C@@H](C3)[C@@H]2C1=O. The number of nitrogens with zero attached hydrogens (tertiary/aromatic N) is 1. The van der Waals surface area contributed by atoms with Crippen molar-refractivity contribution >= 4 is 23.7 Å². The standard InChI is InChI=1S/C24H30N2O5/c1-13(2)21(26-22(28)19-16-9-10-17(11-16)20(19)23(26)29)24(30)31-12-18(27)25-14(3)15-7-5-4-6-8-15/h4-8,13-14,16-17,19-21H,9-12H2,1-3H3,(H,25,27)/t14-,16-,17-,19-,20+,21-/m0/s1. The Labute approximate surface area is 182 Å². The van der Waals surface area contributed by atoms with Gasteiger partial charge < -0.3 is 10.1 Å². The second-order valence-corrected chi connectivity index (χ2v) is 9.43. The summed E-state index contributed by atoms with van der Waals surface area (Å²) in [5, 5.41) is 2.80. The van der Waals surface area contributed by atoms with E-state index in [0.717, 1.165) is 29.7 Å². The summed E-state index contributed by atoms with van der Waals surface area (Å²) < 4.78 is 5.27. The van der Waals surface area contributed by atoms with Crippen LogP contribution in [-0.2, 0) is 23.9 Å². The third-order valence-electron chi connectivity index (χ3n) is 7.14. The Kier molecular flexibility index (Phi) is 5.86. The fourth-order valence-electron chi connectivity index (χ4n) is 5.71. The Morgan fingerprint density at radius 2 is 1.61 bits per heavy atom. The van der Waals surface area contributed by atoms with Crippen molar-refractivity contribution in [2.75, 3.05) is 6.61 Å². The summed E-state index contributed by atoms with van der Waals surface area (Å²) in [7, 11) is 0. The van der Waals surface area contributed by atoms with Crippen molar-refractivity contribution in [3.63, 3.8) is 0 Å². The first kappa shape index (κ1) is 21.5. The Hall–Kier alpha value is -2.70. The zero-order chi connectivity index (χ0) is 22.3. The number of benzene rings is 1. The van der Waals surface area contributed by atoms with Crippen molar-refractivity contribution in [3.05, 3.63) is 35.9 Å². The van der Waals surface area contributed by atoms with E-state index in [1.54, 1.807) is 13.8 Å². The molecule has 2 aliphatic carbocycles. The number of imide groups is 1. The molecule has 1 N–H and O–H groups in total. The molecule has 4 rings (SSSR count). The van der Waals surface area contributed by atoms with Crippen LogP contribution in [0.1, 0.15) is 51.6 Å². The van der Waals surface area contributed by atoms with Gasteiger partial charge in [-0.05, 0) is 49.5 Å². The largest absolute Gasteiger partial charge is 0.454 e. The molecule has 1 aromatic rings. The van der Waals surface area contributed by atoms with Gasteiger partial charge in [-0.1, -0.05) is 44.2 Å². The van der Waals surface area contributed by atoms with E-state index >= 15 is 0 Å². The molecule has 1 heterocycles. The minimum atomic E-state index is -0.996. The third kappa shape index (κ3) is 3.86. The van der Waals surface area contributed by atoms with E-state index < -0.39 is 24.5 Å². The van der Waals surface area contributed by atoms with Crippen molar-refractivity contribution in [1.29, 1.82) is 0 Å². The minimum Gasteiger partial charge on any atom is -0.454 e. The van der Waals surface area contributed by atoms with E-state index in [-0.39, 0.29) is 47.4 Å². The molecule has 7 heteroatoms. The molecule has 3 aliphatic rings. The number of likely N-dealkylation sites (tertiary alicyclic amines) is 1. The predicted octanol–water partition coefficient (Wildman–Crippen LogP) is 2.46. The van der Waals surface area contributed by atoms with Gasteiger partial charge in [0.1, 0.15) is 6.04 Å². The van der Waals surface area contributed by atoms with Crippen LogP contribution < -0.4 is 5.32 Å². The lowest BCUT2D eigenvalue weighted by molar-refractivity contribution is -0.162. The summed E-state index contributed by atoms with van der Waals surface area (Å²) in [4.78, 5) is 52.5. The summed E-state index contributed by atoms with van der Waals surface area (Å²) in [5.41, 5.74) is 0.941. The Balaban J connectivity index is 1.39. The van der Waals surface area contributed by atoms with Gasteiger partial charge in [-0.2, -0.15) is 0 Å². The van der Waals surface area contributed by atoms with Gasteiger partial charge in [-0.25, -0.2) is 4.79 Å². The summed E-state index contributed by atoms with van der Waals surface area (Å²) in [6.45, 7) is 4.97. The second kappa shape index (κ2) is 8.44. The Bertz CT molecular complexity index is 855. The van der Waals surface area contributed by atoms with E-state index in [9.17, 15) is 19.2 Å². The lowest BCUT2D eigenvalue weighted by Gasteiger charge is -2.29. The number of hydrogen-bond donors (Lipinski definition) is 1. The van der Waals surface area contributed by atoms with Crippen LogP contribution in [0.15, 0.2) is 30.3 Å². The van der Waals surface area contributed by atoms with Crippen LogP contribution in [0.3, 0.4) is 0 Å². The monoisotopic (exact) mass is 426 g/mol. The van der Waals surface area contributed by atoms with Gasteiger partial charge in [0.2, 0.25) is 11.8 Å². The average Bonchev–Trinajstić information content (AvgIpc) is 3.42. The van der Waals surface area contributed by atoms with Gasteiger partial charge in [0, 0.05) is 0 Å². The smallest absolute Gasteiger partial charge is 0.330 e. The van der Waals surface area contributed by atoms with E-state index in [1.807, 2.05) is 37.3 Å². The molecule has 7 nitrogen and oxygen atoms in total. The molecular formula is C24H30N2O5. The molecule has 2 bridgehead atoms. The van der Waals surface area contributed by atoms with E-state index in [1.165, 1.54) is 0 Å². The highest BCUT2D eigenvalue weighted by molar-refractivity contribution is 6.08. The predicted molar refractivity (Wildman–Crippen MR) is 112 cm³/mol. The van der Waals surface area contributed by atoms with Crippen LogP contribution in [0.4, 0.5) is 0 Å². The fourth-order valence-corrected chi connectivity index (χ4v) is 5.71. The number of esters is 1. The van der Waals surface area contributed by atoms with Crippen molar-refractivity contribution in [1.82, 2.24) is 10.2 Å². The van der Waals surface area contributed by atoms with E-state index in [0.29, 0.717) is 0 Å². The first-order valence-corrected chi connectivity index (χ1v) is 11.2. The van der Waals surface area contributed by atoms with Gasteiger partial charge >= 0.3 is 5.97 Å². The molecule has 0 unspecified atom stereocenters. The highest BCUT2D eigenvalue weighted by Gasteiger charge is 2.62. The number of carbonyl (C=O) groups is 4. The van der Waals surface area contributed by atoms with Gasteiger partial charge in [-0.3, -0.25) is 19.3 Å². The molecule has 1 aliphatic heterocycles. The number of rotatable bonds is 7. The summed E-state index contributed by atoms with van der Waals surface area (Å²) in [6, 6.07) is 8.25. The quantitative estimate of drug-likeness (QED) is 0.534. The molecule has 1 aromatic carbocycles. The van der Waals surface area contributed by atoms with Gasteiger partial charge in [0.15, 0.2) is 6.61 Å². The second-order valence-electron chi connectivity index (χ2n) is 9.43. The zero-order valence-electron chi connectivity index (χ0n) is 18.2. The molecule has 2 saturated carbocycles. The van der Waals surface area contributed by atoms with Crippen LogP contribution in [0.25, 0.3) is 0 Å². The molecule has 0 spiro atoms. The molecule has 3 fully saturated rings. The number of hydrogen-bond acceptors (Lipinski definition) is 5. The molecule has 1 saturated heterocycles. The topological polar surface area (TPSA) is 92.8 Å². The van der Waals surface area contributed by atoms with E-state index in [2.05, 4.69) is 5.32 Å². The molecule has 166 valence electrons. The van der Waals surface area contributed by atoms with Gasteiger partial charge in [0.05, 0.1) is 17.9 Å². The molecule has 3 amide bonds. The van der Waals surface area contributed by atoms with Crippen LogP contribution in [0.2, 0.25) is 0 Å². The number of nitrogens with one attached hydrogen (secondary N) is 1. The van der Waals surface area contributed by atoms with Gasteiger partial charge in [-0.15, -0.1) is 0 Å². The van der Waals surface area contributed by atoms with Crippen LogP contribution in [-0.4, -0.2) is 41.2 Å². The van der Waals surface area contributed by atoms with Crippen LogP contribution in [0.5, 0.6) is 0 Å². The number of carbonyl (C=O) groups excluding carboxylic acids is 4. The lowest BCUT2D eigenvalue weighted by atomic mass is 9.81. The fraction of sp³-hybridized carbons (Fsp3) is 0.583. The zero-order valence-corrected chi connectivity index (χ0v) is 18.2. The van der Waals surface area contributed by atoms with Crippen molar-refractivity contribution in [2.24, 2.45) is 29.6 Å². The molecule has 0 radical (unpaired) electrons. The van der Waals surface area contributed by atoms with Crippen molar-refractivity contribution in [3.8, 4) is 0 Å². The molecular weight excluding hydrogens is 396 g/mol. The summed E-state index contributed by atoms with van der Waals surface area (Å²) in [5.74, 6) is -1.96. The van der Waals surface area contributed by atoms with E-state index in [4.69, 9.17) is 4.74 Å². The van der Waals surface area contributed by atoms with Crippen LogP contribution in [0, 0.1) is 29.6 Å². The maximum Gasteiger partial charge on any atom is 0.330 e.